The molecule has 0 aromatic heterocycles. The van der Waals surface area contributed by atoms with Crippen LogP contribution in [-0.2, 0) is 9.84 Å². The van der Waals surface area contributed by atoms with Gasteiger partial charge in [-0.15, -0.1) is 0 Å². The first kappa shape index (κ1) is 15.4. The van der Waals surface area contributed by atoms with Crippen molar-refractivity contribution < 1.29 is 18.1 Å². The van der Waals surface area contributed by atoms with Gasteiger partial charge in [0.25, 0.3) is 5.69 Å². The van der Waals surface area contributed by atoms with Crippen LogP contribution in [0, 0.1) is 16.0 Å². The van der Waals surface area contributed by atoms with Crippen molar-refractivity contribution in [1.82, 2.24) is 0 Å². The molecule has 2 rings (SSSR count). The Kier molecular flexibility index (Phi) is 4.26. The predicted octanol–water partition coefficient (Wildman–Crippen LogP) is 1.64. The molecule has 0 spiro atoms. The van der Waals surface area contributed by atoms with E-state index >= 15 is 0 Å². The maximum absolute atomic E-state index is 11.4. The summed E-state index contributed by atoms with van der Waals surface area (Å²) in [5, 5.41) is 14.0. The first-order valence-electron chi connectivity index (χ1n) is 6.52. The fourth-order valence-electron chi connectivity index (χ4n) is 2.34. The predicted molar refractivity (Wildman–Crippen MR) is 78.4 cm³/mol. The highest BCUT2D eigenvalue weighted by Gasteiger charge is 2.28. The Balaban J connectivity index is 2.13. The molecule has 8 heteroatoms. The van der Waals surface area contributed by atoms with Gasteiger partial charge in [-0.3, -0.25) is 14.9 Å². The van der Waals surface area contributed by atoms with E-state index in [-0.39, 0.29) is 34.5 Å². The first-order chi connectivity index (χ1) is 9.78. The van der Waals surface area contributed by atoms with Crippen molar-refractivity contribution in [2.24, 2.45) is 5.92 Å². The van der Waals surface area contributed by atoms with E-state index in [1.54, 1.807) is 0 Å². The van der Waals surface area contributed by atoms with E-state index in [0.717, 1.165) is 0 Å². The largest absolute Gasteiger partial charge is 0.379 e. The van der Waals surface area contributed by atoms with Gasteiger partial charge in [0.05, 0.1) is 16.4 Å². The average molecular weight is 312 g/mol. The lowest BCUT2D eigenvalue weighted by Gasteiger charge is -2.11. The minimum absolute atomic E-state index is 0.0397. The second-order valence-corrected chi connectivity index (χ2v) is 7.42. The van der Waals surface area contributed by atoms with Gasteiger partial charge >= 0.3 is 0 Å². The highest BCUT2D eigenvalue weighted by Crippen LogP contribution is 2.27. The number of nitro groups is 1. The monoisotopic (exact) mass is 312 g/mol. The summed E-state index contributed by atoms with van der Waals surface area (Å²) in [4.78, 5) is 21.8. The summed E-state index contributed by atoms with van der Waals surface area (Å²) in [5.41, 5.74) is 0.397. The van der Waals surface area contributed by atoms with Gasteiger partial charge in [0, 0.05) is 18.2 Å². The van der Waals surface area contributed by atoms with Gasteiger partial charge in [0.15, 0.2) is 15.6 Å². The lowest BCUT2D eigenvalue weighted by Crippen LogP contribution is -2.16. The summed E-state index contributed by atoms with van der Waals surface area (Å²) in [6, 6.07) is 4.23. The van der Waals surface area contributed by atoms with Crippen molar-refractivity contribution in [1.29, 1.82) is 0 Å². The van der Waals surface area contributed by atoms with Crippen LogP contribution in [0.2, 0.25) is 0 Å². The van der Waals surface area contributed by atoms with Crippen LogP contribution in [0.5, 0.6) is 0 Å². The van der Waals surface area contributed by atoms with Crippen molar-refractivity contribution in [2.75, 3.05) is 23.4 Å². The number of hydrogen-bond acceptors (Lipinski definition) is 6. The van der Waals surface area contributed by atoms with E-state index in [2.05, 4.69) is 5.32 Å². The Bertz CT molecular complexity index is 684. The fraction of sp³-hybridized carbons (Fsp3) is 0.462. The van der Waals surface area contributed by atoms with E-state index in [1.165, 1.54) is 25.1 Å². The second-order valence-electron chi connectivity index (χ2n) is 5.20. The van der Waals surface area contributed by atoms with E-state index in [4.69, 9.17) is 0 Å². The lowest BCUT2D eigenvalue weighted by atomic mass is 10.1. The standard InChI is InChI=1S/C13H16N2O5S/c1-9(16)11-2-3-12(13(6-11)15(17)18)14-7-10-4-5-21(19,20)8-10/h2-3,6,10,14H,4-5,7-8H2,1H3. The Morgan fingerprint density at radius 2 is 2.19 bits per heavy atom. The van der Waals surface area contributed by atoms with Gasteiger partial charge in [-0.25, -0.2) is 8.42 Å². The van der Waals surface area contributed by atoms with Crippen LogP contribution < -0.4 is 5.32 Å². The minimum atomic E-state index is -2.96. The van der Waals surface area contributed by atoms with Crippen LogP contribution in [0.3, 0.4) is 0 Å². The van der Waals surface area contributed by atoms with E-state index in [1.807, 2.05) is 0 Å². The molecule has 7 nitrogen and oxygen atoms in total. The van der Waals surface area contributed by atoms with Crippen LogP contribution in [0.1, 0.15) is 23.7 Å². The Labute approximate surface area is 122 Å². The number of carbonyl (C=O) groups is 1. The molecule has 0 amide bonds. The number of rotatable bonds is 5. The Hall–Kier alpha value is -1.96. The van der Waals surface area contributed by atoms with Crippen LogP contribution >= 0.6 is 0 Å². The van der Waals surface area contributed by atoms with Crippen molar-refractivity contribution in [3.05, 3.63) is 33.9 Å². The Morgan fingerprint density at radius 3 is 2.71 bits per heavy atom. The number of Topliss-reactive ketones (excluding diaryl/α,β-unsaturated/α-hetero) is 1. The summed E-state index contributed by atoms with van der Waals surface area (Å²) in [7, 11) is -2.96. The van der Waals surface area contributed by atoms with Crippen LogP contribution in [0.15, 0.2) is 18.2 Å². The SMILES string of the molecule is CC(=O)c1ccc(NCC2CCS(=O)(=O)C2)c([N+](=O)[O-])c1. The summed E-state index contributed by atoms with van der Waals surface area (Å²) >= 11 is 0. The lowest BCUT2D eigenvalue weighted by molar-refractivity contribution is -0.384. The molecule has 1 saturated heterocycles. The maximum Gasteiger partial charge on any atom is 0.293 e. The number of ketones is 1. The molecule has 1 aliphatic rings. The highest BCUT2D eigenvalue weighted by molar-refractivity contribution is 7.91. The second kappa shape index (κ2) is 5.80. The van der Waals surface area contributed by atoms with Crippen molar-refractivity contribution >= 4 is 27.0 Å². The number of nitrogens with zero attached hydrogens (tertiary/aromatic N) is 1. The maximum atomic E-state index is 11.4. The number of anilines is 1. The molecule has 114 valence electrons. The number of hydrogen-bond donors (Lipinski definition) is 1. The van der Waals surface area contributed by atoms with Crippen LogP contribution in [0.25, 0.3) is 0 Å². The zero-order valence-corrected chi connectivity index (χ0v) is 12.4. The molecule has 0 bridgehead atoms. The van der Waals surface area contributed by atoms with Crippen LogP contribution in [-0.4, -0.2) is 37.2 Å². The molecule has 1 N–H and O–H groups in total. The van der Waals surface area contributed by atoms with E-state index < -0.39 is 14.8 Å². The molecule has 1 heterocycles. The third-order valence-corrected chi connectivity index (χ3v) is 5.35. The number of sulfone groups is 1. The molecular formula is C13H16N2O5S. The van der Waals surface area contributed by atoms with E-state index in [0.29, 0.717) is 18.7 Å². The molecule has 0 saturated carbocycles. The van der Waals surface area contributed by atoms with Crippen molar-refractivity contribution in [3.8, 4) is 0 Å². The molecular weight excluding hydrogens is 296 g/mol. The van der Waals surface area contributed by atoms with Crippen molar-refractivity contribution in [2.45, 2.75) is 13.3 Å². The van der Waals surface area contributed by atoms with Crippen LogP contribution in [0.4, 0.5) is 11.4 Å². The third kappa shape index (κ3) is 3.78. The van der Waals surface area contributed by atoms with Gasteiger partial charge in [0.2, 0.25) is 0 Å². The topological polar surface area (TPSA) is 106 Å². The molecule has 1 fully saturated rings. The van der Waals surface area contributed by atoms with E-state index in [9.17, 15) is 23.3 Å². The molecule has 1 aromatic carbocycles. The summed E-state index contributed by atoms with van der Waals surface area (Å²) < 4.78 is 22.7. The first-order valence-corrected chi connectivity index (χ1v) is 8.34. The molecule has 1 aliphatic heterocycles. The molecule has 0 radical (unpaired) electrons. The number of nitro benzene ring substituents is 1. The Morgan fingerprint density at radius 1 is 1.48 bits per heavy atom. The smallest absolute Gasteiger partial charge is 0.293 e. The zero-order valence-electron chi connectivity index (χ0n) is 11.5. The normalized spacial score (nSPS) is 20.1. The third-order valence-electron chi connectivity index (χ3n) is 3.51. The summed E-state index contributed by atoms with van der Waals surface area (Å²) in [6.07, 6.45) is 0.564. The number of nitrogens with one attached hydrogen (secondary N) is 1. The van der Waals surface area contributed by atoms with Crippen molar-refractivity contribution in [3.63, 3.8) is 0 Å². The highest BCUT2D eigenvalue weighted by atomic mass is 32.2. The molecule has 0 aliphatic carbocycles. The number of carbonyl (C=O) groups excluding carboxylic acids is 1. The quantitative estimate of drug-likeness (QED) is 0.503. The summed E-state index contributed by atoms with van der Waals surface area (Å²) in [6.45, 7) is 1.70. The minimum Gasteiger partial charge on any atom is -0.379 e. The summed E-state index contributed by atoms with van der Waals surface area (Å²) in [5.74, 6) is -0.00189. The fourth-order valence-corrected chi connectivity index (χ4v) is 4.20. The van der Waals surface area contributed by atoms with Gasteiger partial charge in [-0.05, 0) is 31.4 Å². The van der Waals surface area contributed by atoms with Gasteiger partial charge in [0.1, 0.15) is 5.69 Å². The van der Waals surface area contributed by atoms with Gasteiger partial charge in [-0.1, -0.05) is 0 Å². The number of benzene rings is 1. The van der Waals surface area contributed by atoms with Gasteiger partial charge in [-0.2, -0.15) is 0 Å². The molecule has 1 atom stereocenters. The molecule has 21 heavy (non-hydrogen) atoms. The average Bonchev–Trinajstić information content (AvgIpc) is 2.75. The van der Waals surface area contributed by atoms with Gasteiger partial charge < -0.3 is 5.32 Å². The zero-order chi connectivity index (χ0) is 15.6. The molecule has 1 unspecified atom stereocenters. The molecule has 1 aromatic rings.